The Hall–Kier alpha value is -1.03. The van der Waals surface area contributed by atoms with Gasteiger partial charge in [-0.2, -0.15) is 0 Å². The minimum Gasteiger partial charge on any atom is -0.363 e. The van der Waals surface area contributed by atoms with Crippen molar-refractivity contribution in [1.29, 1.82) is 0 Å². The molecule has 0 aliphatic carbocycles. The second kappa shape index (κ2) is 5.00. The monoisotopic (exact) mass is 215 g/mol. The van der Waals surface area contributed by atoms with Gasteiger partial charge in [-0.05, 0) is 20.3 Å². The van der Waals surface area contributed by atoms with Gasteiger partial charge in [-0.15, -0.1) is 11.6 Å². The highest BCUT2D eigenvalue weighted by Gasteiger charge is 2.08. The van der Waals surface area contributed by atoms with E-state index in [0.717, 1.165) is 6.42 Å². The van der Waals surface area contributed by atoms with Crippen LogP contribution in [0.25, 0.3) is 0 Å². The van der Waals surface area contributed by atoms with Crippen LogP contribution in [0.15, 0.2) is 17.2 Å². The van der Waals surface area contributed by atoms with Crippen molar-refractivity contribution in [3.05, 3.63) is 22.7 Å². The van der Waals surface area contributed by atoms with E-state index in [0.29, 0.717) is 5.82 Å². The number of rotatable bonds is 4. The molecule has 0 amide bonds. The van der Waals surface area contributed by atoms with Crippen LogP contribution in [0.2, 0.25) is 0 Å². The van der Waals surface area contributed by atoms with Gasteiger partial charge in [0.25, 0.3) is 5.56 Å². The molecular formula is C9H14ClN3O. The highest BCUT2D eigenvalue weighted by molar-refractivity contribution is 6.20. The van der Waals surface area contributed by atoms with Gasteiger partial charge < -0.3 is 10.3 Å². The van der Waals surface area contributed by atoms with E-state index < -0.39 is 0 Å². The molecule has 1 aromatic heterocycles. The quantitative estimate of drug-likeness (QED) is 0.750. The van der Waals surface area contributed by atoms with Gasteiger partial charge in [0.05, 0.1) is 0 Å². The lowest BCUT2D eigenvalue weighted by Gasteiger charge is -2.14. The van der Waals surface area contributed by atoms with E-state index in [2.05, 4.69) is 15.3 Å². The van der Waals surface area contributed by atoms with Gasteiger partial charge in [-0.3, -0.25) is 4.79 Å². The average Bonchev–Trinajstić information content (AvgIpc) is 2.07. The lowest BCUT2D eigenvalue weighted by atomic mass is 10.2. The molecule has 0 spiro atoms. The van der Waals surface area contributed by atoms with Gasteiger partial charge >= 0.3 is 0 Å². The van der Waals surface area contributed by atoms with Crippen molar-refractivity contribution >= 4 is 17.4 Å². The zero-order valence-corrected chi connectivity index (χ0v) is 9.01. The molecule has 0 aliphatic rings. The Bertz CT molecular complexity index is 337. The average molecular weight is 216 g/mol. The van der Waals surface area contributed by atoms with E-state index in [1.807, 2.05) is 13.8 Å². The SMILES string of the molecule is CC(Cl)CC(C)Nc1ncc[nH]c1=O. The molecule has 0 fully saturated rings. The van der Waals surface area contributed by atoms with Crippen LogP contribution in [-0.4, -0.2) is 21.4 Å². The van der Waals surface area contributed by atoms with Crippen LogP contribution in [0.4, 0.5) is 5.82 Å². The number of nitrogens with one attached hydrogen (secondary N) is 2. The molecule has 78 valence electrons. The molecule has 0 saturated heterocycles. The van der Waals surface area contributed by atoms with Crippen LogP contribution in [0, 0.1) is 0 Å². The van der Waals surface area contributed by atoms with Gasteiger partial charge in [-0.25, -0.2) is 4.98 Å². The Morgan fingerprint density at radius 3 is 2.93 bits per heavy atom. The maximum absolute atomic E-state index is 11.2. The summed E-state index contributed by atoms with van der Waals surface area (Å²) in [6.45, 7) is 3.88. The Balaban J connectivity index is 2.60. The van der Waals surface area contributed by atoms with Gasteiger partial charge in [0.15, 0.2) is 5.82 Å². The van der Waals surface area contributed by atoms with Crippen molar-refractivity contribution in [3.63, 3.8) is 0 Å². The predicted molar refractivity (Wildman–Crippen MR) is 57.9 cm³/mol. The number of H-pyrrole nitrogens is 1. The third-order valence-electron chi connectivity index (χ3n) is 1.77. The summed E-state index contributed by atoms with van der Waals surface area (Å²) >= 11 is 5.83. The predicted octanol–water partition coefficient (Wildman–Crippen LogP) is 1.59. The van der Waals surface area contributed by atoms with Crippen molar-refractivity contribution in [2.75, 3.05) is 5.32 Å². The zero-order valence-electron chi connectivity index (χ0n) is 8.25. The van der Waals surface area contributed by atoms with Crippen LogP contribution in [0.3, 0.4) is 0 Å². The van der Waals surface area contributed by atoms with Crippen LogP contribution in [0.1, 0.15) is 20.3 Å². The van der Waals surface area contributed by atoms with Crippen LogP contribution >= 0.6 is 11.6 Å². The summed E-state index contributed by atoms with van der Waals surface area (Å²) in [6, 6.07) is 0.137. The molecule has 2 unspecified atom stereocenters. The number of hydrogen-bond donors (Lipinski definition) is 2. The standard InChI is InChI=1S/C9H14ClN3O/c1-6(10)5-7(2)13-8-9(14)12-4-3-11-8/h3-4,6-7H,5H2,1-2H3,(H,11,13)(H,12,14). The van der Waals surface area contributed by atoms with Gasteiger partial charge in [0.1, 0.15) is 0 Å². The van der Waals surface area contributed by atoms with E-state index in [9.17, 15) is 4.79 Å². The highest BCUT2D eigenvalue weighted by atomic mass is 35.5. The molecule has 0 aromatic carbocycles. The second-order valence-electron chi connectivity index (χ2n) is 3.33. The van der Waals surface area contributed by atoms with Crippen molar-refractivity contribution < 1.29 is 0 Å². The lowest BCUT2D eigenvalue weighted by molar-refractivity contribution is 0.692. The topological polar surface area (TPSA) is 57.8 Å². The summed E-state index contributed by atoms with van der Waals surface area (Å²) in [4.78, 5) is 17.7. The number of aromatic amines is 1. The third-order valence-corrected chi connectivity index (χ3v) is 1.95. The number of alkyl halides is 1. The molecule has 1 rings (SSSR count). The van der Waals surface area contributed by atoms with E-state index in [1.165, 1.54) is 6.20 Å². The van der Waals surface area contributed by atoms with E-state index in [1.54, 1.807) is 6.20 Å². The Morgan fingerprint density at radius 1 is 1.64 bits per heavy atom. The number of nitrogens with zero attached hydrogens (tertiary/aromatic N) is 1. The Labute approximate surface area is 87.7 Å². The zero-order chi connectivity index (χ0) is 10.6. The molecule has 0 aliphatic heterocycles. The van der Waals surface area contributed by atoms with Crippen LogP contribution in [0.5, 0.6) is 0 Å². The molecule has 14 heavy (non-hydrogen) atoms. The fraction of sp³-hybridized carbons (Fsp3) is 0.556. The van der Waals surface area contributed by atoms with Gasteiger partial charge in [-0.1, -0.05) is 0 Å². The van der Waals surface area contributed by atoms with E-state index in [-0.39, 0.29) is 17.0 Å². The normalized spacial score (nSPS) is 14.8. The molecule has 1 aromatic rings. The molecule has 0 saturated carbocycles. The maximum Gasteiger partial charge on any atom is 0.290 e. The Morgan fingerprint density at radius 2 is 2.36 bits per heavy atom. The van der Waals surface area contributed by atoms with Crippen LogP contribution < -0.4 is 10.9 Å². The summed E-state index contributed by atoms with van der Waals surface area (Å²) in [7, 11) is 0. The minimum absolute atomic E-state index is 0.0836. The van der Waals surface area contributed by atoms with Crippen molar-refractivity contribution in [1.82, 2.24) is 9.97 Å². The van der Waals surface area contributed by atoms with Gasteiger partial charge in [0.2, 0.25) is 0 Å². The first kappa shape index (κ1) is 11.0. The maximum atomic E-state index is 11.2. The molecule has 0 bridgehead atoms. The first-order valence-electron chi connectivity index (χ1n) is 4.54. The largest absolute Gasteiger partial charge is 0.363 e. The molecule has 2 atom stereocenters. The van der Waals surface area contributed by atoms with Gasteiger partial charge in [0, 0.05) is 23.8 Å². The van der Waals surface area contributed by atoms with Crippen molar-refractivity contribution in [3.8, 4) is 0 Å². The molecular weight excluding hydrogens is 202 g/mol. The molecule has 2 N–H and O–H groups in total. The number of anilines is 1. The molecule has 4 nitrogen and oxygen atoms in total. The summed E-state index contributed by atoms with van der Waals surface area (Å²) in [5.41, 5.74) is -0.207. The minimum atomic E-state index is -0.207. The number of halogens is 1. The van der Waals surface area contributed by atoms with Crippen LogP contribution in [-0.2, 0) is 0 Å². The fourth-order valence-electron chi connectivity index (χ4n) is 1.23. The smallest absolute Gasteiger partial charge is 0.290 e. The molecule has 1 heterocycles. The first-order valence-corrected chi connectivity index (χ1v) is 4.97. The summed E-state index contributed by atoms with van der Waals surface area (Å²) in [6.07, 6.45) is 3.83. The lowest BCUT2D eigenvalue weighted by Crippen LogP contribution is -2.24. The van der Waals surface area contributed by atoms with Crippen molar-refractivity contribution in [2.45, 2.75) is 31.7 Å². The number of hydrogen-bond acceptors (Lipinski definition) is 3. The molecule has 0 radical (unpaired) electrons. The highest BCUT2D eigenvalue weighted by Crippen LogP contribution is 2.07. The van der Waals surface area contributed by atoms with E-state index in [4.69, 9.17) is 11.6 Å². The second-order valence-corrected chi connectivity index (χ2v) is 4.07. The third kappa shape index (κ3) is 3.38. The van der Waals surface area contributed by atoms with E-state index >= 15 is 0 Å². The first-order chi connectivity index (χ1) is 6.59. The summed E-state index contributed by atoms with van der Waals surface area (Å²) in [5, 5.41) is 3.09. The summed E-state index contributed by atoms with van der Waals surface area (Å²) in [5.74, 6) is 0.345. The Kier molecular flexibility index (Phi) is 3.95. The molecule has 5 heteroatoms. The number of aromatic nitrogens is 2. The fourth-order valence-corrected chi connectivity index (χ4v) is 1.50. The summed E-state index contributed by atoms with van der Waals surface area (Å²) < 4.78 is 0. The van der Waals surface area contributed by atoms with Crippen molar-refractivity contribution in [2.24, 2.45) is 0 Å².